The molecule has 0 bridgehead atoms. The van der Waals surface area contributed by atoms with Gasteiger partial charge in [0.15, 0.2) is 16.7 Å². The van der Waals surface area contributed by atoms with Crippen LogP contribution >= 0.6 is 11.8 Å². The van der Waals surface area contributed by atoms with Crippen LogP contribution in [0.3, 0.4) is 0 Å². The first kappa shape index (κ1) is 24.4. The summed E-state index contributed by atoms with van der Waals surface area (Å²) in [7, 11) is 0. The Hall–Kier alpha value is -4.32. The molecule has 0 aliphatic carbocycles. The number of amides is 1. The van der Waals surface area contributed by atoms with Crippen LogP contribution in [0.2, 0.25) is 0 Å². The number of nitrogens with one attached hydrogen (secondary N) is 1. The van der Waals surface area contributed by atoms with Gasteiger partial charge >= 0.3 is 6.18 Å². The lowest BCUT2D eigenvalue weighted by molar-refractivity contribution is -0.137. The maximum atomic E-state index is 13.4. The van der Waals surface area contributed by atoms with Crippen LogP contribution in [0.1, 0.15) is 27.7 Å². The monoisotopic (exact) mass is 525 g/mol. The number of hydrogen-bond donors (Lipinski definition) is 1. The van der Waals surface area contributed by atoms with Gasteiger partial charge < -0.3 is 14.2 Å². The van der Waals surface area contributed by atoms with Crippen LogP contribution in [0, 0.1) is 0 Å². The molecule has 0 aliphatic rings. The molecule has 0 unspecified atom stereocenters. The van der Waals surface area contributed by atoms with Gasteiger partial charge in [-0.2, -0.15) is 13.2 Å². The van der Waals surface area contributed by atoms with Crippen molar-refractivity contribution in [2.75, 3.05) is 0 Å². The number of rotatable bonds is 8. The van der Waals surface area contributed by atoms with Gasteiger partial charge in [-0.15, -0.1) is 10.2 Å². The maximum absolute atomic E-state index is 13.4. The highest BCUT2D eigenvalue weighted by molar-refractivity contribution is 7.98. The van der Waals surface area contributed by atoms with E-state index in [0.717, 1.165) is 12.1 Å². The minimum absolute atomic E-state index is 0.0893. The fourth-order valence-electron chi connectivity index (χ4n) is 3.47. The van der Waals surface area contributed by atoms with Gasteiger partial charge in [0, 0.05) is 5.56 Å². The maximum Gasteiger partial charge on any atom is 0.416 e. The molecule has 3 aromatic heterocycles. The number of hydrogen-bond acceptors (Lipinski definition) is 7. The predicted molar refractivity (Wildman–Crippen MR) is 128 cm³/mol. The van der Waals surface area contributed by atoms with E-state index in [4.69, 9.17) is 8.83 Å². The second kappa shape index (κ2) is 10.3. The first-order valence-corrected chi connectivity index (χ1v) is 11.9. The molecule has 2 aromatic carbocycles. The molecule has 1 amide bonds. The van der Waals surface area contributed by atoms with Gasteiger partial charge in [-0.1, -0.05) is 48.2 Å². The van der Waals surface area contributed by atoms with Crippen LogP contribution < -0.4 is 5.32 Å². The van der Waals surface area contributed by atoms with E-state index in [0.29, 0.717) is 22.3 Å². The minimum atomic E-state index is -4.50. The van der Waals surface area contributed by atoms with E-state index in [1.807, 2.05) is 6.07 Å². The van der Waals surface area contributed by atoms with Crippen molar-refractivity contribution in [2.24, 2.45) is 0 Å². The van der Waals surface area contributed by atoms with E-state index >= 15 is 0 Å². The van der Waals surface area contributed by atoms with Crippen molar-refractivity contribution < 1.29 is 26.8 Å². The molecule has 37 heavy (non-hydrogen) atoms. The number of oxazole rings is 1. The van der Waals surface area contributed by atoms with Gasteiger partial charge in [-0.3, -0.25) is 9.36 Å². The lowest BCUT2D eigenvalue weighted by Gasteiger charge is -2.13. The van der Waals surface area contributed by atoms with Crippen molar-refractivity contribution in [3.63, 3.8) is 0 Å². The quantitative estimate of drug-likeness (QED) is 0.257. The van der Waals surface area contributed by atoms with Crippen molar-refractivity contribution >= 4 is 17.7 Å². The van der Waals surface area contributed by atoms with Crippen LogP contribution in [-0.4, -0.2) is 25.7 Å². The molecule has 0 spiro atoms. The van der Waals surface area contributed by atoms with Gasteiger partial charge in [0.2, 0.25) is 5.89 Å². The Morgan fingerprint density at radius 2 is 1.84 bits per heavy atom. The number of thioether (sulfide) groups is 1. The molecule has 12 heteroatoms. The van der Waals surface area contributed by atoms with Crippen molar-refractivity contribution in [1.82, 2.24) is 25.1 Å². The molecule has 0 saturated carbocycles. The molecule has 0 fully saturated rings. The zero-order valence-corrected chi connectivity index (χ0v) is 19.8. The Bertz CT molecular complexity index is 1500. The fraction of sp³-hybridized carbons (Fsp3) is 0.120. The highest BCUT2D eigenvalue weighted by Crippen LogP contribution is 2.34. The van der Waals surface area contributed by atoms with Crippen molar-refractivity contribution in [3.05, 3.63) is 102 Å². The van der Waals surface area contributed by atoms with Gasteiger partial charge in [0.1, 0.15) is 12.0 Å². The molecular weight excluding hydrogens is 507 g/mol. The first-order chi connectivity index (χ1) is 17.9. The zero-order chi connectivity index (χ0) is 25.8. The summed E-state index contributed by atoms with van der Waals surface area (Å²) >= 11 is 1.17. The lowest BCUT2D eigenvalue weighted by Crippen LogP contribution is -2.22. The molecule has 3 heterocycles. The highest BCUT2D eigenvalue weighted by atomic mass is 32.2. The van der Waals surface area contributed by atoms with Crippen LogP contribution in [-0.2, 0) is 18.5 Å². The minimum Gasteiger partial charge on any atom is -0.467 e. The molecule has 5 aromatic rings. The van der Waals surface area contributed by atoms with E-state index in [9.17, 15) is 18.0 Å². The Morgan fingerprint density at radius 1 is 1.00 bits per heavy atom. The number of benzene rings is 2. The van der Waals surface area contributed by atoms with Crippen molar-refractivity contribution in [2.45, 2.75) is 23.6 Å². The van der Waals surface area contributed by atoms with Gasteiger partial charge in [-0.25, -0.2) is 4.98 Å². The zero-order valence-electron chi connectivity index (χ0n) is 19.0. The van der Waals surface area contributed by atoms with Gasteiger partial charge in [0.25, 0.3) is 5.91 Å². The molecule has 188 valence electrons. The summed E-state index contributed by atoms with van der Waals surface area (Å²) in [5, 5.41) is 11.5. The summed E-state index contributed by atoms with van der Waals surface area (Å²) in [6.45, 7) is 0.200. The molecule has 0 radical (unpaired) electrons. The average Bonchev–Trinajstić information content (AvgIpc) is 3.67. The molecule has 0 atom stereocenters. The summed E-state index contributed by atoms with van der Waals surface area (Å²) < 4.78 is 52.4. The molecule has 8 nitrogen and oxygen atoms in total. The smallest absolute Gasteiger partial charge is 0.416 e. The second-order valence-electron chi connectivity index (χ2n) is 7.73. The van der Waals surface area contributed by atoms with Crippen LogP contribution in [0.5, 0.6) is 0 Å². The Kier molecular flexibility index (Phi) is 6.82. The summed E-state index contributed by atoms with van der Waals surface area (Å²) in [4.78, 5) is 16.5. The third-order valence-electron chi connectivity index (χ3n) is 5.21. The number of carbonyl (C=O) groups excluding carboxylic acids is 1. The topological polar surface area (TPSA) is 99.0 Å². The van der Waals surface area contributed by atoms with Crippen LogP contribution in [0.25, 0.3) is 17.1 Å². The van der Waals surface area contributed by atoms with Crippen LogP contribution in [0.4, 0.5) is 13.2 Å². The molecular formula is C25H18F3N5O3S. The number of carbonyl (C=O) groups is 1. The number of halogens is 3. The fourth-order valence-corrected chi connectivity index (χ4v) is 4.28. The standard InChI is InChI=1S/C25H18F3N5O3S/c26-25(27,28)17-8-4-9-18(12-17)33-22(16-6-2-1-3-7-16)31-32-24(33)37-15-21-30-20(14-36-21)23(34)29-13-19-10-5-11-35-19/h1-12,14H,13,15H2,(H,29,34). The number of alkyl halides is 3. The summed E-state index contributed by atoms with van der Waals surface area (Å²) in [6, 6.07) is 17.4. The van der Waals surface area contributed by atoms with Gasteiger partial charge in [-0.05, 0) is 30.3 Å². The van der Waals surface area contributed by atoms with Crippen LogP contribution in [0.15, 0.2) is 93.2 Å². The second-order valence-corrected chi connectivity index (χ2v) is 8.68. The molecule has 0 aliphatic heterocycles. The van der Waals surface area contributed by atoms with E-state index in [2.05, 4.69) is 20.5 Å². The third kappa shape index (κ3) is 5.59. The largest absolute Gasteiger partial charge is 0.467 e. The Labute approximate surface area is 212 Å². The molecule has 1 N–H and O–H groups in total. The van der Waals surface area contributed by atoms with E-state index in [-0.39, 0.29) is 29.6 Å². The van der Waals surface area contributed by atoms with E-state index in [1.54, 1.807) is 47.0 Å². The highest BCUT2D eigenvalue weighted by Gasteiger charge is 2.31. The molecule has 0 saturated heterocycles. The Morgan fingerprint density at radius 3 is 2.59 bits per heavy atom. The molecule has 5 rings (SSSR count). The summed E-state index contributed by atoms with van der Waals surface area (Å²) in [6.07, 6.45) is -1.76. The summed E-state index contributed by atoms with van der Waals surface area (Å²) in [5.74, 6) is 0.948. The number of nitrogens with zero attached hydrogens (tertiary/aromatic N) is 4. The average molecular weight is 526 g/mol. The number of aromatic nitrogens is 4. The van der Waals surface area contributed by atoms with Crippen molar-refractivity contribution in [3.8, 4) is 17.1 Å². The summed E-state index contributed by atoms with van der Waals surface area (Å²) in [5.41, 5.74) is 0.246. The SMILES string of the molecule is O=C(NCc1ccco1)c1coc(CSc2nnc(-c3ccccc3)n2-c2cccc(C(F)(F)F)c2)n1. The predicted octanol–water partition coefficient (Wildman–Crippen LogP) is 5.76. The normalized spacial score (nSPS) is 11.5. The third-order valence-corrected chi connectivity index (χ3v) is 6.12. The first-order valence-electron chi connectivity index (χ1n) is 10.9. The number of furan rings is 1. The van der Waals surface area contributed by atoms with Crippen molar-refractivity contribution in [1.29, 1.82) is 0 Å². The van der Waals surface area contributed by atoms with E-state index in [1.165, 1.54) is 30.4 Å². The van der Waals surface area contributed by atoms with E-state index < -0.39 is 17.6 Å². The Balaban J connectivity index is 1.38. The van der Waals surface area contributed by atoms with Gasteiger partial charge in [0.05, 0.1) is 29.8 Å². The lowest BCUT2D eigenvalue weighted by atomic mass is 10.1.